The predicted octanol–water partition coefficient (Wildman–Crippen LogP) is 6.90. The average molecular weight is 618 g/mol. The van der Waals surface area contributed by atoms with Gasteiger partial charge in [0.25, 0.3) is 0 Å². The highest BCUT2D eigenvalue weighted by atomic mass is 32.1. The zero-order chi connectivity index (χ0) is 31.4. The molecule has 230 valence electrons. The van der Waals surface area contributed by atoms with Crippen molar-refractivity contribution in [3.63, 3.8) is 0 Å². The van der Waals surface area contributed by atoms with Crippen molar-refractivity contribution < 1.29 is 23.5 Å². The lowest BCUT2D eigenvalue weighted by molar-refractivity contribution is -0.133. The van der Waals surface area contributed by atoms with E-state index in [1.165, 1.54) is 7.11 Å². The molecule has 5 rings (SSSR count). The molecule has 0 unspecified atom stereocenters. The number of pyridine rings is 1. The van der Waals surface area contributed by atoms with Crippen LogP contribution in [0, 0.1) is 5.82 Å². The van der Waals surface area contributed by atoms with Crippen LogP contribution in [0.3, 0.4) is 0 Å². The molecule has 2 atom stereocenters. The van der Waals surface area contributed by atoms with Gasteiger partial charge in [-0.2, -0.15) is 0 Å². The molecule has 1 aliphatic heterocycles. The van der Waals surface area contributed by atoms with Gasteiger partial charge < -0.3 is 25.4 Å². The summed E-state index contributed by atoms with van der Waals surface area (Å²) in [6.45, 7) is 4.52. The summed E-state index contributed by atoms with van der Waals surface area (Å²) < 4.78 is 26.5. The van der Waals surface area contributed by atoms with Crippen molar-refractivity contribution in [1.82, 2.24) is 9.88 Å². The lowest BCUT2D eigenvalue weighted by Crippen LogP contribution is -2.38. The number of nitrogens with zero attached hydrogens (tertiary/aromatic N) is 2. The van der Waals surface area contributed by atoms with Crippen LogP contribution in [0.1, 0.15) is 55.5 Å². The van der Waals surface area contributed by atoms with E-state index in [0.717, 1.165) is 28.3 Å². The fraction of sp³-hybridized carbons (Fsp3) is 0.303. The Morgan fingerprint density at radius 3 is 2.68 bits per heavy atom. The molecule has 4 aromatic rings. The van der Waals surface area contributed by atoms with Gasteiger partial charge in [0.05, 0.1) is 19.8 Å². The van der Waals surface area contributed by atoms with Crippen molar-refractivity contribution in [2.24, 2.45) is 0 Å². The maximum atomic E-state index is 16.1. The second-order valence-corrected chi connectivity index (χ2v) is 11.1. The van der Waals surface area contributed by atoms with Gasteiger partial charge in [0.15, 0.2) is 11.6 Å². The predicted molar refractivity (Wildman–Crippen MR) is 173 cm³/mol. The lowest BCUT2D eigenvalue weighted by atomic mass is 9.98. The Balaban J connectivity index is 1.58. The molecule has 0 bridgehead atoms. The first kappa shape index (κ1) is 30.9. The smallest absolute Gasteiger partial charge is 0.411 e. The van der Waals surface area contributed by atoms with Crippen molar-refractivity contribution in [3.05, 3.63) is 83.3 Å². The number of halogens is 1. The second-order valence-electron chi connectivity index (χ2n) is 10.6. The van der Waals surface area contributed by atoms with Crippen LogP contribution in [0.15, 0.2) is 65.7 Å². The van der Waals surface area contributed by atoms with Crippen LogP contribution in [-0.4, -0.2) is 42.1 Å². The zero-order valence-corrected chi connectivity index (χ0v) is 25.8. The number of hydrogen-bond acceptors (Lipinski definition) is 8. The van der Waals surface area contributed by atoms with Crippen molar-refractivity contribution in [1.29, 1.82) is 0 Å². The monoisotopic (exact) mass is 617 g/mol. The molecular weight excluding hydrogens is 581 g/mol. The number of benzene rings is 3. The third kappa shape index (κ3) is 6.37. The Kier molecular flexibility index (Phi) is 9.43. The van der Waals surface area contributed by atoms with Gasteiger partial charge in [-0.15, -0.1) is 12.6 Å². The quantitative estimate of drug-likeness (QED) is 0.151. The number of nitrogen functional groups attached to an aromatic ring is 1. The molecule has 4 N–H and O–H groups in total. The van der Waals surface area contributed by atoms with Crippen LogP contribution < -0.4 is 21.1 Å². The minimum atomic E-state index is -1.07. The minimum absolute atomic E-state index is 0.107. The van der Waals surface area contributed by atoms with Crippen LogP contribution >= 0.6 is 12.6 Å². The summed E-state index contributed by atoms with van der Waals surface area (Å²) in [4.78, 5) is 33.1. The number of likely N-dealkylation sites (tertiary alicyclic amines) is 1. The number of hydrogen-bond donors (Lipinski definition) is 4. The van der Waals surface area contributed by atoms with E-state index in [9.17, 15) is 9.59 Å². The molecule has 44 heavy (non-hydrogen) atoms. The molecule has 1 saturated heterocycles. The van der Waals surface area contributed by atoms with E-state index >= 15 is 4.39 Å². The summed E-state index contributed by atoms with van der Waals surface area (Å²) >= 11 is 4.68. The summed E-state index contributed by atoms with van der Waals surface area (Å²) in [6, 6.07) is 14.6. The number of nitrogens with one attached hydrogen (secondary N) is 2. The largest absolute Gasteiger partial charge is 0.491 e. The van der Waals surface area contributed by atoms with Crippen LogP contribution in [0.2, 0.25) is 0 Å². The van der Waals surface area contributed by atoms with Crippen molar-refractivity contribution in [2.45, 2.75) is 50.1 Å². The number of ether oxygens (including phenoxy) is 2. The Bertz CT molecular complexity index is 1700. The number of methoxy groups -OCH3 is 1. The van der Waals surface area contributed by atoms with Crippen molar-refractivity contribution in [2.75, 3.05) is 36.6 Å². The number of nitrogens with two attached hydrogens (primary N) is 1. The first-order valence-corrected chi connectivity index (χ1v) is 15.0. The highest BCUT2D eigenvalue weighted by Gasteiger charge is 2.37. The normalized spacial score (nSPS) is 15.2. The molecule has 1 aromatic heterocycles. The van der Waals surface area contributed by atoms with Gasteiger partial charge in [0.1, 0.15) is 11.9 Å². The number of anilines is 3. The van der Waals surface area contributed by atoms with E-state index in [2.05, 4.69) is 28.2 Å². The molecule has 1 fully saturated rings. The summed E-state index contributed by atoms with van der Waals surface area (Å²) in [7, 11) is 1.29. The van der Waals surface area contributed by atoms with E-state index in [4.69, 9.17) is 15.2 Å². The topological polar surface area (TPSA) is 119 Å². The molecule has 0 saturated carbocycles. The first-order chi connectivity index (χ1) is 21.2. The molecule has 1 aliphatic rings. The van der Waals surface area contributed by atoms with Crippen LogP contribution in [0.5, 0.6) is 5.75 Å². The van der Waals surface area contributed by atoms with Gasteiger partial charge >= 0.3 is 6.09 Å². The summed E-state index contributed by atoms with van der Waals surface area (Å²) in [5.74, 6) is -0.373. The number of aromatic nitrogens is 1. The fourth-order valence-corrected chi connectivity index (χ4v) is 5.96. The molecule has 0 aliphatic carbocycles. The Morgan fingerprint density at radius 1 is 1.14 bits per heavy atom. The van der Waals surface area contributed by atoms with E-state index in [1.54, 1.807) is 54.4 Å². The Morgan fingerprint density at radius 2 is 1.93 bits per heavy atom. The molecular formula is C33H36FN5O4S. The van der Waals surface area contributed by atoms with Gasteiger partial charge in [0, 0.05) is 40.0 Å². The van der Waals surface area contributed by atoms with Crippen molar-refractivity contribution in [3.8, 4) is 5.75 Å². The number of aryl methyl sites for hydroxylation is 1. The second kappa shape index (κ2) is 13.4. The molecule has 0 spiro atoms. The lowest BCUT2D eigenvalue weighted by Gasteiger charge is -2.31. The Labute approximate surface area is 261 Å². The minimum Gasteiger partial charge on any atom is -0.491 e. The van der Waals surface area contributed by atoms with E-state index in [1.807, 2.05) is 25.1 Å². The maximum Gasteiger partial charge on any atom is 0.411 e. The number of amides is 2. The summed E-state index contributed by atoms with van der Waals surface area (Å²) in [5.41, 5.74) is 9.02. The maximum absolute atomic E-state index is 16.1. The van der Waals surface area contributed by atoms with Gasteiger partial charge in [0.2, 0.25) is 5.91 Å². The van der Waals surface area contributed by atoms with Gasteiger partial charge in [-0.1, -0.05) is 13.0 Å². The standard InChI is InChI=1S/C33H36FN5O4S/c1-4-19-15-25(29(34)27(16-19)43-5-2)30(37-21-8-10-23-20(17-21)12-13-36-31(23)35)32(40)39-14-6-7-26(39)24-18-22(9-11-28(24)44)38-33(41)42-3/h8-13,15-18,26,30,37,44H,4-7,14H2,1-3H3,(H2,35,36)(H,38,41)/t26-,30-/m1/s1. The van der Waals surface area contributed by atoms with E-state index in [-0.39, 0.29) is 29.9 Å². The number of rotatable bonds is 9. The molecule has 2 amide bonds. The zero-order valence-electron chi connectivity index (χ0n) is 24.9. The third-order valence-electron chi connectivity index (χ3n) is 7.85. The number of thiol groups is 1. The first-order valence-electron chi connectivity index (χ1n) is 14.6. The van der Waals surface area contributed by atoms with Gasteiger partial charge in [-0.3, -0.25) is 10.1 Å². The molecule has 2 heterocycles. The van der Waals surface area contributed by atoms with Crippen molar-refractivity contribution >= 4 is 52.6 Å². The number of carbonyl (C=O) groups is 2. The fourth-order valence-electron chi connectivity index (χ4n) is 5.67. The highest BCUT2D eigenvalue weighted by Crippen LogP contribution is 2.40. The third-order valence-corrected chi connectivity index (χ3v) is 8.26. The molecule has 11 heteroatoms. The number of carbonyl (C=O) groups excluding carboxylic acids is 2. The SMILES string of the molecule is CCOc1cc(CC)cc([C@@H](Nc2ccc3c(N)nccc3c2)C(=O)N2CCC[C@@H]2c2cc(NC(=O)OC)ccc2S)c1F. The van der Waals surface area contributed by atoms with Crippen LogP contribution in [0.4, 0.5) is 26.4 Å². The molecule has 9 nitrogen and oxygen atoms in total. The van der Waals surface area contributed by atoms with Crippen LogP contribution in [-0.2, 0) is 16.0 Å². The van der Waals surface area contributed by atoms with Crippen LogP contribution in [0.25, 0.3) is 10.8 Å². The molecule has 0 radical (unpaired) electrons. The van der Waals surface area contributed by atoms with Gasteiger partial charge in [-0.25, -0.2) is 14.2 Å². The van der Waals surface area contributed by atoms with E-state index < -0.39 is 18.0 Å². The summed E-state index contributed by atoms with van der Waals surface area (Å²) in [6.07, 6.45) is 3.07. The average Bonchev–Trinajstić information content (AvgIpc) is 3.51. The molecule has 3 aromatic carbocycles. The summed E-state index contributed by atoms with van der Waals surface area (Å²) in [5, 5.41) is 7.62. The Hall–Kier alpha value is -4.51. The number of fused-ring (bicyclic) bond motifs is 1. The van der Waals surface area contributed by atoms with Gasteiger partial charge in [-0.05, 0) is 91.2 Å². The van der Waals surface area contributed by atoms with E-state index in [0.29, 0.717) is 41.5 Å². The highest BCUT2D eigenvalue weighted by molar-refractivity contribution is 7.80.